The van der Waals surface area contributed by atoms with Crippen molar-refractivity contribution in [2.24, 2.45) is 0 Å². The summed E-state index contributed by atoms with van der Waals surface area (Å²) >= 11 is 0. The summed E-state index contributed by atoms with van der Waals surface area (Å²) in [4.78, 5) is 12.4. The highest BCUT2D eigenvalue weighted by Gasteiger charge is 2.21. The van der Waals surface area contributed by atoms with Crippen molar-refractivity contribution in [1.82, 2.24) is 5.32 Å². The lowest BCUT2D eigenvalue weighted by Gasteiger charge is -2.21. The number of rotatable bonds is 7. The van der Waals surface area contributed by atoms with E-state index >= 15 is 0 Å². The standard InChI is InChI=1S/C17H25NO3/c1-3-16(14-7-5-4-6-8-14)17(19)18-13(2)11-21-15-9-10-20-12-15/h4-8,13,15-16H,3,9-12H2,1-2H3,(H,18,19)/t13-,15+,16-/m0/s1. The van der Waals surface area contributed by atoms with Gasteiger partial charge in [0.1, 0.15) is 0 Å². The minimum atomic E-state index is -0.0940. The van der Waals surface area contributed by atoms with Crippen LogP contribution in [0, 0.1) is 0 Å². The first-order chi connectivity index (χ1) is 10.2. The van der Waals surface area contributed by atoms with Gasteiger partial charge in [-0.15, -0.1) is 0 Å². The van der Waals surface area contributed by atoms with Crippen LogP contribution in [-0.2, 0) is 14.3 Å². The smallest absolute Gasteiger partial charge is 0.227 e. The number of carbonyl (C=O) groups is 1. The quantitative estimate of drug-likeness (QED) is 0.839. The lowest BCUT2D eigenvalue weighted by atomic mass is 9.95. The molecule has 0 aromatic heterocycles. The van der Waals surface area contributed by atoms with Crippen LogP contribution in [0.2, 0.25) is 0 Å². The predicted molar refractivity (Wildman–Crippen MR) is 82.3 cm³/mol. The fourth-order valence-corrected chi connectivity index (χ4v) is 2.57. The van der Waals surface area contributed by atoms with Crippen LogP contribution in [0.4, 0.5) is 0 Å². The second-order valence-corrected chi connectivity index (χ2v) is 5.60. The third-order valence-electron chi connectivity index (χ3n) is 3.79. The van der Waals surface area contributed by atoms with Crippen LogP contribution in [0.15, 0.2) is 30.3 Å². The molecule has 1 saturated heterocycles. The summed E-state index contributed by atoms with van der Waals surface area (Å²) in [6.07, 6.45) is 1.92. The monoisotopic (exact) mass is 291 g/mol. The second-order valence-electron chi connectivity index (χ2n) is 5.60. The van der Waals surface area contributed by atoms with Gasteiger partial charge in [0.05, 0.1) is 25.2 Å². The third-order valence-corrected chi connectivity index (χ3v) is 3.79. The number of ether oxygens (including phenoxy) is 2. The van der Waals surface area contributed by atoms with Gasteiger partial charge in [-0.25, -0.2) is 0 Å². The molecule has 1 amide bonds. The van der Waals surface area contributed by atoms with E-state index in [0.717, 1.165) is 25.0 Å². The maximum Gasteiger partial charge on any atom is 0.227 e. The van der Waals surface area contributed by atoms with E-state index in [9.17, 15) is 4.79 Å². The van der Waals surface area contributed by atoms with Crippen LogP contribution in [0.5, 0.6) is 0 Å². The lowest BCUT2D eigenvalue weighted by molar-refractivity contribution is -0.123. The van der Waals surface area contributed by atoms with Crippen molar-refractivity contribution in [3.05, 3.63) is 35.9 Å². The van der Waals surface area contributed by atoms with Gasteiger partial charge in [-0.3, -0.25) is 4.79 Å². The molecule has 2 rings (SSSR count). The van der Waals surface area contributed by atoms with Crippen LogP contribution >= 0.6 is 0 Å². The Bertz CT molecular complexity index is 429. The summed E-state index contributed by atoms with van der Waals surface area (Å²) in [5, 5.41) is 3.05. The fourth-order valence-electron chi connectivity index (χ4n) is 2.57. The van der Waals surface area contributed by atoms with E-state index in [0.29, 0.717) is 13.2 Å². The summed E-state index contributed by atoms with van der Waals surface area (Å²) in [5.41, 5.74) is 1.06. The molecule has 4 heteroatoms. The van der Waals surface area contributed by atoms with E-state index in [-0.39, 0.29) is 24.0 Å². The molecule has 0 aliphatic carbocycles. The van der Waals surface area contributed by atoms with Gasteiger partial charge < -0.3 is 14.8 Å². The van der Waals surface area contributed by atoms with Gasteiger partial charge >= 0.3 is 0 Å². The van der Waals surface area contributed by atoms with E-state index in [1.807, 2.05) is 44.2 Å². The van der Waals surface area contributed by atoms with Gasteiger partial charge in [-0.05, 0) is 25.3 Å². The summed E-state index contributed by atoms with van der Waals surface area (Å²) in [6, 6.07) is 9.93. The molecule has 1 heterocycles. The summed E-state index contributed by atoms with van der Waals surface area (Å²) < 4.78 is 11.0. The SMILES string of the molecule is CC[C@H](C(=O)N[C@@H](C)CO[C@@H]1CCOC1)c1ccccc1. The van der Waals surface area contributed by atoms with E-state index in [4.69, 9.17) is 9.47 Å². The van der Waals surface area contributed by atoms with Crippen molar-refractivity contribution < 1.29 is 14.3 Å². The normalized spacial score (nSPS) is 21.0. The van der Waals surface area contributed by atoms with Gasteiger partial charge in [0.25, 0.3) is 0 Å². The maximum atomic E-state index is 12.4. The lowest BCUT2D eigenvalue weighted by Crippen LogP contribution is -2.39. The average molecular weight is 291 g/mol. The van der Waals surface area contributed by atoms with E-state index in [1.165, 1.54) is 0 Å². The molecular weight excluding hydrogens is 266 g/mol. The number of carbonyl (C=O) groups excluding carboxylic acids is 1. The van der Waals surface area contributed by atoms with Crippen molar-refractivity contribution in [2.45, 2.75) is 44.8 Å². The molecule has 1 fully saturated rings. The summed E-state index contributed by atoms with van der Waals surface area (Å²) in [6.45, 7) is 5.99. The molecule has 0 spiro atoms. The molecular formula is C17H25NO3. The maximum absolute atomic E-state index is 12.4. The largest absolute Gasteiger partial charge is 0.379 e. The van der Waals surface area contributed by atoms with E-state index in [2.05, 4.69) is 5.32 Å². The highest BCUT2D eigenvalue weighted by Crippen LogP contribution is 2.19. The number of hydrogen-bond acceptors (Lipinski definition) is 3. The molecule has 1 aromatic carbocycles. The van der Waals surface area contributed by atoms with Gasteiger partial charge in [0.15, 0.2) is 0 Å². The number of benzene rings is 1. The first-order valence-corrected chi connectivity index (χ1v) is 7.75. The summed E-state index contributed by atoms with van der Waals surface area (Å²) in [5.74, 6) is -0.0223. The van der Waals surface area contributed by atoms with E-state index < -0.39 is 0 Å². The van der Waals surface area contributed by atoms with Gasteiger partial charge in [-0.2, -0.15) is 0 Å². The summed E-state index contributed by atoms with van der Waals surface area (Å²) in [7, 11) is 0. The Hall–Kier alpha value is -1.39. The first-order valence-electron chi connectivity index (χ1n) is 7.75. The Morgan fingerprint density at radius 1 is 1.43 bits per heavy atom. The molecule has 0 radical (unpaired) electrons. The van der Waals surface area contributed by atoms with Crippen molar-refractivity contribution in [2.75, 3.05) is 19.8 Å². The molecule has 1 N–H and O–H groups in total. The van der Waals surface area contributed by atoms with Crippen LogP contribution in [0.3, 0.4) is 0 Å². The molecule has 0 unspecified atom stereocenters. The Kier molecular flexibility index (Phi) is 6.21. The van der Waals surface area contributed by atoms with Crippen LogP contribution in [0.1, 0.15) is 38.2 Å². The van der Waals surface area contributed by atoms with E-state index in [1.54, 1.807) is 0 Å². The molecule has 1 aromatic rings. The van der Waals surface area contributed by atoms with Gasteiger partial charge in [-0.1, -0.05) is 37.3 Å². The minimum absolute atomic E-state index is 0.0101. The van der Waals surface area contributed by atoms with Gasteiger partial charge in [0.2, 0.25) is 5.91 Å². The van der Waals surface area contributed by atoms with Gasteiger partial charge in [0, 0.05) is 12.6 Å². The topological polar surface area (TPSA) is 47.6 Å². The van der Waals surface area contributed by atoms with Crippen molar-refractivity contribution in [3.8, 4) is 0 Å². The molecule has 4 nitrogen and oxygen atoms in total. The first kappa shape index (κ1) is 16.0. The van der Waals surface area contributed by atoms with Crippen LogP contribution in [-0.4, -0.2) is 37.9 Å². The highest BCUT2D eigenvalue weighted by atomic mass is 16.5. The number of nitrogens with one attached hydrogen (secondary N) is 1. The zero-order chi connectivity index (χ0) is 15.1. The zero-order valence-electron chi connectivity index (χ0n) is 12.9. The Balaban J connectivity index is 1.81. The van der Waals surface area contributed by atoms with Crippen molar-refractivity contribution >= 4 is 5.91 Å². The molecule has 3 atom stereocenters. The zero-order valence-corrected chi connectivity index (χ0v) is 12.9. The molecule has 21 heavy (non-hydrogen) atoms. The Morgan fingerprint density at radius 2 is 2.19 bits per heavy atom. The molecule has 1 aliphatic heterocycles. The highest BCUT2D eigenvalue weighted by molar-refractivity contribution is 5.83. The predicted octanol–water partition coefficient (Wildman–Crippen LogP) is 2.49. The van der Waals surface area contributed by atoms with Crippen LogP contribution in [0.25, 0.3) is 0 Å². The van der Waals surface area contributed by atoms with Crippen LogP contribution < -0.4 is 5.32 Å². The number of hydrogen-bond donors (Lipinski definition) is 1. The van der Waals surface area contributed by atoms with Crippen molar-refractivity contribution in [3.63, 3.8) is 0 Å². The average Bonchev–Trinajstić information content (AvgIpc) is 3.00. The second kappa shape index (κ2) is 8.15. The molecule has 1 aliphatic rings. The van der Waals surface area contributed by atoms with Crippen molar-refractivity contribution in [1.29, 1.82) is 0 Å². The molecule has 0 saturated carbocycles. The number of amides is 1. The molecule has 0 bridgehead atoms. The molecule has 116 valence electrons. The fraction of sp³-hybridized carbons (Fsp3) is 0.588. The Morgan fingerprint density at radius 3 is 2.81 bits per heavy atom. The minimum Gasteiger partial charge on any atom is -0.379 e. The third kappa shape index (κ3) is 4.83. The Labute approximate surface area is 126 Å².